The fraction of sp³-hybridized carbons (Fsp3) is 0.385. The van der Waals surface area contributed by atoms with Crippen LogP contribution in [0.4, 0.5) is 0 Å². The molecule has 2 atom stereocenters. The van der Waals surface area contributed by atoms with E-state index in [1.54, 1.807) is 35.5 Å². The van der Waals surface area contributed by atoms with E-state index in [-0.39, 0.29) is 12.1 Å². The number of hydrogen-bond acceptors (Lipinski definition) is 8. The quantitative estimate of drug-likeness (QED) is 0.173. The highest BCUT2D eigenvalue weighted by Gasteiger charge is 2.29. The fourth-order valence-electron chi connectivity index (χ4n) is 7.01. The third kappa shape index (κ3) is 6.71. The second kappa shape index (κ2) is 14.2. The lowest BCUT2D eigenvalue weighted by atomic mass is 9.88. The zero-order valence-electron chi connectivity index (χ0n) is 28.6. The van der Waals surface area contributed by atoms with Crippen LogP contribution in [0, 0.1) is 0 Å². The van der Waals surface area contributed by atoms with Gasteiger partial charge in [-0.05, 0) is 122 Å². The third-order valence-corrected chi connectivity index (χ3v) is 9.79. The number of hydrogen-bond donors (Lipinski definition) is 0. The van der Waals surface area contributed by atoms with Crippen LogP contribution in [0.25, 0.3) is 0 Å². The molecule has 0 N–H and O–H groups in total. The molecule has 2 aliphatic rings. The predicted molar refractivity (Wildman–Crippen MR) is 184 cm³/mol. The Kier molecular flexibility index (Phi) is 9.80. The second-order valence-corrected chi connectivity index (χ2v) is 12.4. The monoisotopic (exact) mass is 638 g/mol. The summed E-state index contributed by atoms with van der Waals surface area (Å²) in [6.45, 7) is 1.94. The fourth-order valence-corrected chi connectivity index (χ4v) is 7.01. The van der Waals surface area contributed by atoms with Crippen molar-refractivity contribution >= 4 is 0 Å². The van der Waals surface area contributed by atoms with Crippen molar-refractivity contribution in [3.05, 3.63) is 100 Å². The molecule has 0 saturated carbocycles. The molecule has 47 heavy (non-hydrogen) atoms. The van der Waals surface area contributed by atoms with Crippen LogP contribution >= 0.6 is 0 Å². The van der Waals surface area contributed by atoms with E-state index in [2.05, 4.69) is 72.4 Å². The van der Waals surface area contributed by atoms with Crippen LogP contribution in [0.1, 0.15) is 45.5 Å². The molecule has 2 unspecified atom stereocenters. The van der Waals surface area contributed by atoms with E-state index >= 15 is 0 Å². The first-order valence-corrected chi connectivity index (χ1v) is 16.2. The van der Waals surface area contributed by atoms with Crippen molar-refractivity contribution in [3.63, 3.8) is 0 Å². The normalized spacial score (nSPS) is 17.8. The molecule has 2 heterocycles. The van der Waals surface area contributed by atoms with Gasteiger partial charge in [0.25, 0.3) is 0 Å². The van der Waals surface area contributed by atoms with Crippen molar-refractivity contribution in [1.82, 2.24) is 9.80 Å². The molecular weight excluding hydrogens is 592 g/mol. The van der Waals surface area contributed by atoms with Gasteiger partial charge in [-0.3, -0.25) is 9.80 Å². The Bertz CT molecular complexity index is 1710. The van der Waals surface area contributed by atoms with E-state index in [0.29, 0.717) is 23.0 Å². The highest BCUT2D eigenvalue weighted by atomic mass is 16.5. The largest absolute Gasteiger partial charge is 0.497 e. The van der Waals surface area contributed by atoms with Gasteiger partial charge in [0.05, 0.1) is 35.5 Å². The van der Waals surface area contributed by atoms with Gasteiger partial charge in [0.1, 0.15) is 5.75 Å². The molecule has 0 amide bonds. The Morgan fingerprint density at radius 2 is 0.979 bits per heavy atom. The maximum atomic E-state index is 6.71. The lowest BCUT2D eigenvalue weighted by molar-refractivity contribution is 0.227. The van der Waals surface area contributed by atoms with Crippen LogP contribution in [-0.4, -0.2) is 72.5 Å². The van der Waals surface area contributed by atoms with E-state index in [4.69, 9.17) is 28.4 Å². The Hall–Kier alpha value is -4.40. The predicted octanol–water partition coefficient (Wildman–Crippen LogP) is 7.07. The number of fused-ring (bicyclic) bond motifs is 2. The van der Waals surface area contributed by atoms with Gasteiger partial charge in [0, 0.05) is 25.2 Å². The second-order valence-electron chi connectivity index (χ2n) is 12.4. The van der Waals surface area contributed by atoms with Crippen molar-refractivity contribution in [2.75, 3.05) is 62.7 Å². The van der Waals surface area contributed by atoms with Gasteiger partial charge in [-0.1, -0.05) is 18.2 Å². The molecule has 0 aliphatic carbocycles. The van der Waals surface area contributed by atoms with Gasteiger partial charge in [-0.15, -0.1) is 0 Å². The first-order valence-electron chi connectivity index (χ1n) is 16.2. The zero-order valence-corrected chi connectivity index (χ0v) is 28.6. The van der Waals surface area contributed by atoms with Crippen LogP contribution < -0.4 is 28.4 Å². The van der Waals surface area contributed by atoms with Gasteiger partial charge >= 0.3 is 0 Å². The van der Waals surface area contributed by atoms with Crippen molar-refractivity contribution in [1.29, 1.82) is 0 Å². The zero-order chi connectivity index (χ0) is 33.1. The Labute approximate surface area is 278 Å². The first-order chi connectivity index (χ1) is 22.8. The summed E-state index contributed by atoms with van der Waals surface area (Å²) in [5.74, 6) is 5.10. The standard InChI is InChI=1S/C39H46N2O6/c1-40-16-15-28-22-36(45-6)39(24-31(28)32(40)18-25-8-11-29(42-3)12-9-25)47-38-20-26(10-13-34(38)43-4)19-33-30-23-37(46-7)35(44-5)21-27(30)14-17-41(33)2/h8-13,20-24,32-33H,14-19H2,1-7H3. The van der Waals surface area contributed by atoms with Crippen molar-refractivity contribution in [2.45, 2.75) is 37.8 Å². The molecule has 4 aromatic carbocycles. The van der Waals surface area contributed by atoms with Crippen molar-refractivity contribution in [2.24, 2.45) is 0 Å². The highest BCUT2D eigenvalue weighted by Crippen LogP contribution is 2.44. The average Bonchev–Trinajstić information content (AvgIpc) is 3.10. The molecule has 4 aromatic rings. The number of nitrogens with zero attached hydrogens (tertiary/aromatic N) is 2. The van der Waals surface area contributed by atoms with Crippen LogP contribution in [0.3, 0.4) is 0 Å². The first kappa shape index (κ1) is 32.5. The van der Waals surface area contributed by atoms with Crippen LogP contribution in [0.5, 0.6) is 40.2 Å². The SMILES string of the molecule is COc1ccc(CC2c3cc(Oc4cc(CC5c6cc(OC)c(OC)cc6CCN5C)ccc4OC)c(OC)cc3CCN2C)cc1. The lowest BCUT2D eigenvalue weighted by Gasteiger charge is -2.35. The summed E-state index contributed by atoms with van der Waals surface area (Å²) in [5, 5.41) is 0. The molecule has 0 spiro atoms. The van der Waals surface area contributed by atoms with Gasteiger partial charge in [-0.25, -0.2) is 0 Å². The maximum absolute atomic E-state index is 6.71. The van der Waals surface area contributed by atoms with E-state index in [1.165, 1.54) is 27.8 Å². The summed E-state index contributed by atoms with van der Waals surface area (Å²) in [4.78, 5) is 4.83. The third-order valence-electron chi connectivity index (χ3n) is 9.79. The number of rotatable bonds is 11. The van der Waals surface area contributed by atoms with Gasteiger partial charge in [-0.2, -0.15) is 0 Å². The number of ether oxygens (including phenoxy) is 6. The van der Waals surface area contributed by atoms with E-state index in [0.717, 1.165) is 61.6 Å². The summed E-state index contributed by atoms with van der Waals surface area (Å²) < 4.78 is 35.0. The lowest BCUT2D eigenvalue weighted by Crippen LogP contribution is -2.33. The molecule has 8 heteroatoms. The molecule has 0 bridgehead atoms. The molecule has 6 rings (SSSR count). The summed E-state index contributed by atoms with van der Waals surface area (Å²) in [6, 6.07) is 23.5. The van der Waals surface area contributed by atoms with Gasteiger partial charge in [0.15, 0.2) is 34.5 Å². The van der Waals surface area contributed by atoms with Crippen LogP contribution in [0.2, 0.25) is 0 Å². The Morgan fingerprint density at radius 1 is 0.511 bits per heavy atom. The molecule has 248 valence electrons. The minimum absolute atomic E-state index is 0.173. The topological polar surface area (TPSA) is 61.9 Å². The molecular formula is C39H46N2O6. The van der Waals surface area contributed by atoms with Crippen molar-refractivity contribution in [3.8, 4) is 40.2 Å². The summed E-state index contributed by atoms with van der Waals surface area (Å²) in [5.41, 5.74) is 7.51. The maximum Gasteiger partial charge on any atom is 0.169 e. The van der Waals surface area contributed by atoms with Gasteiger partial charge < -0.3 is 28.4 Å². The Morgan fingerprint density at radius 3 is 1.53 bits per heavy atom. The van der Waals surface area contributed by atoms with E-state index in [1.807, 2.05) is 18.2 Å². The molecule has 8 nitrogen and oxygen atoms in total. The highest BCUT2D eigenvalue weighted by molar-refractivity contribution is 5.54. The molecule has 0 fully saturated rings. The van der Waals surface area contributed by atoms with Gasteiger partial charge in [0.2, 0.25) is 0 Å². The van der Waals surface area contributed by atoms with E-state index < -0.39 is 0 Å². The van der Waals surface area contributed by atoms with Crippen LogP contribution in [-0.2, 0) is 25.7 Å². The van der Waals surface area contributed by atoms with Crippen molar-refractivity contribution < 1.29 is 28.4 Å². The molecule has 0 aromatic heterocycles. The number of likely N-dealkylation sites (N-methyl/N-ethyl adjacent to an activating group) is 2. The number of methoxy groups -OCH3 is 5. The van der Waals surface area contributed by atoms with Crippen LogP contribution in [0.15, 0.2) is 66.7 Å². The minimum atomic E-state index is 0.173. The number of benzene rings is 4. The minimum Gasteiger partial charge on any atom is -0.497 e. The molecule has 2 aliphatic heterocycles. The average molecular weight is 639 g/mol. The molecule has 0 radical (unpaired) electrons. The van der Waals surface area contributed by atoms with E-state index in [9.17, 15) is 0 Å². The smallest absolute Gasteiger partial charge is 0.169 e. The summed E-state index contributed by atoms with van der Waals surface area (Å²) in [6.07, 6.45) is 3.60. The summed E-state index contributed by atoms with van der Waals surface area (Å²) in [7, 11) is 12.8. The molecule has 0 saturated heterocycles. The summed E-state index contributed by atoms with van der Waals surface area (Å²) >= 11 is 0. The Balaban J connectivity index is 1.31.